The molecular formula is C14H10F4O. The van der Waals surface area contributed by atoms with Gasteiger partial charge in [-0.25, -0.2) is 8.78 Å². The zero-order chi connectivity index (χ0) is 14.0. The Labute approximate surface area is 107 Å². The zero-order valence-electron chi connectivity index (χ0n) is 9.71. The number of alkyl halides is 2. The number of halogens is 4. The molecule has 0 fully saturated rings. The second-order valence-corrected chi connectivity index (χ2v) is 4.11. The van der Waals surface area contributed by atoms with Crippen molar-refractivity contribution >= 4 is 0 Å². The lowest BCUT2D eigenvalue weighted by Crippen LogP contribution is -2.14. The summed E-state index contributed by atoms with van der Waals surface area (Å²) in [4.78, 5) is 0. The van der Waals surface area contributed by atoms with Crippen LogP contribution in [0.1, 0.15) is 16.7 Å². The first-order chi connectivity index (χ1) is 8.88. The second-order valence-electron chi connectivity index (χ2n) is 4.11. The third kappa shape index (κ3) is 3.12. The fourth-order valence-corrected chi connectivity index (χ4v) is 1.84. The fraction of sp³-hybridized carbons (Fsp3) is 0.143. The minimum absolute atomic E-state index is 0.0816. The highest BCUT2D eigenvalue weighted by Gasteiger charge is 2.30. The Hall–Kier alpha value is -1.88. The van der Waals surface area contributed by atoms with Crippen molar-refractivity contribution in [1.29, 1.82) is 0 Å². The Morgan fingerprint density at radius 1 is 0.947 bits per heavy atom. The molecule has 0 unspecified atom stereocenters. The van der Waals surface area contributed by atoms with E-state index in [-0.39, 0.29) is 17.5 Å². The van der Waals surface area contributed by atoms with Crippen LogP contribution in [0.3, 0.4) is 0 Å². The minimum atomic E-state index is -3.99. The molecule has 0 atom stereocenters. The van der Waals surface area contributed by atoms with E-state index in [1.54, 1.807) is 0 Å². The molecule has 0 radical (unpaired) electrons. The van der Waals surface area contributed by atoms with Gasteiger partial charge >= 0.3 is 6.11 Å². The molecule has 0 aromatic heterocycles. The predicted molar refractivity (Wildman–Crippen MR) is 61.7 cm³/mol. The van der Waals surface area contributed by atoms with Crippen LogP contribution in [0.5, 0.6) is 0 Å². The van der Waals surface area contributed by atoms with Gasteiger partial charge in [0.25, 0.3) is 0 Å². The summed E-state index contributed by atoms with van der Waals surface area (Å²) in [5, 5.41) is 8.77. The molecule has 0 bridgehead atoms. The molecule has 2 aromatic rings. The third-order valence-corrected chi connectivity index (χ3v) is 2.74. The van der Waals surface area contributed by atoms with Crippen molar-refractivity contribution in [2.45, 2.75) is 12.5 Å². The molecular weight excluding hydrogens is 260 g/mol. The summed E-state index contributed by atoms with van der Waals surface area (Å²) < 4.78 is 52.2. The first-order valence-electron chi connectivity index (χ1n) is 5.50. The molecule has 0 heterocycles. The van der Waals surface area contributed by atoms with Gasteiger partial charge in [0, 0.05) is 12.5 Å². The first-order valence-corrected chi connectivity index (χ1v) is 5.50. The largest absolute Gasteiger partial charge is 0.381 e. The van der Waals surface area contributed by atoms with E-state index < -0.39 is 23.3 Å². The zero-order valence-corrected chi connectivity index (χ0v) is 9.71. The molecule has 1 N–H and O–H groups in total. The van der Waals surface area contributed by atoms with Gasteiger partial charge in [-0.05, 0) is 17.2 Å². The summed E-state index contributed by atoms with van der Waals surface area (Å²) in [7, 11) is 0. The molecule has 2 aromatic carbocycles. The van der Waals surface area contributed by atoms with Crippen molar-refractivity contribution in [3.05, 3.63) is 70.8 Å². The van der Waals surface area contributed by atoms with Crippen molar-refractivity contribution in [2.75, 3.05) is 0 Å². The van der Waals surface area contributed by atoms with E-state index >= 15 is 0 Å². The maximum absolute atomic E-state index is 13.5. The monoisotopic (exact) mass is 270 g/mol. The highest BCUT2D eigenvalue weighted by molar-refractivity contribution is 5.35. The summed E-state index contributed by atoms with van der Waals surface area (Å²) in [5.41, 5.74) is -0.419. The van der Waals surface area contributed by atoms with Gasteiger partial charge < -0.3 is 5.11 Å². The Morgan fingerprint density at radius 3 is 2.26 bits per heavy atom. The lowest BCUT2D eigenvalue weighted by atomic mass is 9.99. The second kappa shape index (κ2) is 5.01. The molecule has 0 aliphatic rings. The Kier molecular flexibility index (Phi) is 3.57. The van der Waals surface area contributed by atoms with Crippen LogP contribution in [0.15, 0.2) is 42.5 Å². The first kappa shape index (κ1) is 13.5. The van der Waals surface area contributed by atoms with Gasteiger partial charge in [-0.1, -0.05) is 30.3 Å². The number of hydrogen-bond acceptors (Lipinski definition) is 1. The highest BCUT2D eigenvalue weighted by atomic mass is 19.3. The summed E-state index contributed by atoms with van der Waals surface area (Å²) in [6.45, 7) is 0. The lowest BCUT2D eigenvalue weighted by molar-refractivity contribution is -0.209. The van der Waals surface area contributed by atoms with Crippen molar-refractivity contribution in [2.24, 2.45) is 0 Å². The number of hydrogen-bond donors (Lipinski definition) is 1. The Bertz CT molecular complexity index is 590. The molecule has 5 heteroatoms. The standard InChI is InChI=1S/C14H10F4O/c15-11-6-5-10(13(16)8-11)7-9-3-1-2-4-12(9)14(17,18)19/h1-6,8,19H,7H2. The van der Waals surface area contributed by atoms with Gasteiger partial charge in [0.2, 0.25) is 0 Å². The van der Waals surface area contributed by atoms with Crippen LogP contribution in [0, 0.1) is 11.6 Å². The molecule has 0 saturated heterocycles. The van der Waals surface area contributed by atoms with E-state index in [4.69, 9.17) is 5.11 Å². The van der Waals surface area contributed by atoms with Crippen molar-refractivity contribution in [3.8, 4) is 0 Å². The maximum atomic E-state index is 13.5. The molecule has 1 nitrogen and oxygen atoms in total. The van der Waals surface area contributed by atoms with E-state index in [0.717, 1.165) is 12.1 Å². The van der Waals surface area contributed by atoms with Gasteiger partial charge in [0.15, 0.2) is 0 Å². The molecule has 19 heavy (non-hydrogen) atoms. The quantitative estimate of drug-likeness (QED) is 0.845. The van der Waals surface area contributed by atoms with Crippen LogP contribution >= 0.6 is 0 Å². The molecule has 0 spiro atoms. The smallest absolute Gasteiger partial charge is 0.332 e. The number of aliphatic hydroxyl groups is 1. The van der Waals surface area contributed by atoms with Crippen molar-refractivity contribution < 1.29 is 22.7 Å². The number of rotatable bonds is 3. The summed E-state index contributed by atoms with van der Waals surface area (Å²) >= 11 is 0. The normalized spacial score (nSPS) is 11.6. The van der Waals surface area contributed by atoms with Gasteiger partial charge in [-0.15, -0.1) is 0 Å². The van der Waals surface area contributed by atoms with Crippen molar-refractivity contribution in [1.82, 2.24) is 0 Å². The van der Waals surface area contributed by atoms with E-state index in [9.17, 15) is 17.6 Å². The summed E-state index contributed by atoms with van der Waals surface area (Å²) in [6, 6.07) is 8.22. The average Bonchev–Trinajstić information content (AvgIpc) is 2.32. The summed E-state index contributed by atoms with van der Waals surface area (Å²) in [5.74, 6) is -1.54. The third-order valence-electron chi connectivity index (χ3n) is 2.74. The Balaban J connectivity index is 2.39. The Morgan fingerprint density at radius 2 is 1.63 bits per heavy atom. The average molecular weight is 270 g/mol. The van der Waals surface area contributed by atoms with E-state index in [0.29, 0.717) is 6.07 Å². The number of benzene rings is 2. The molecule has 0 saturated carbocycles. The minimum Gasteiger partial charge on any atom is -0.332 e. The van der Waals surface area contributed by atoms with E-state index in [1.807, 2.05) is 0 Å². The topological polar surface area (TPSA) is 20.2 Å². The SMILES string of the molecule is OC(F)(F)c1ccccc1Cc1ccc(F)cc1F. The fourth-order valence-electron chi connectivity index (χ4n) is 1.84. The van der Waals surface area contributed by atoms with Crippen LogP contribution in [0.4, 0.5) is 17.6 Å². The molecule has 2 rings (SSSR count). The van der Waals surface area contributed by atoms with Gasteiger partial charge in [0.05, 0.1) is 5.56 Å². The van der Waals surface area contributed by atoms with Gasteiger partial charge in [-0.3, -0.25) is 0 Å². The molecule has 0 aliphatic heterocycles. The van der Waals surface area contributed by atoms with E-state index in [2.05, 4.69) is 0 Å². The van der Waals surface area contributed by atoms with Crippen LogP contribution in [0.2, 0.25) is 0 Å². The molecule has 0 aliphatic carbocycles. The van der Waals surface area contributed by atoms with Crippen LogP contribution in [-0.2, 0) is 12.5 Å². The summed E-state index contributed by atoms with van der Waals surface area (Å²) in [6.07, 6.45) is -4.15. The maximum Gasteiger partial charge on any atom is 0.381 e. The van der Waals surface area contributed by atoms with Gasteiger partial charge in [-0.2, -0.15) is 8.78 Å². The van der Waals surface area contributed by atoms with Crippen LogP contribution in [0.25, 0.3) is 0 Å². The van der Waals surface area contributed by atoms with Crippen molar-refractivity contribution in [3.63, 3.8) is 0 Å². The van der Waals surface area contributed by atoms with Gasteiger partial charge in [0.1, 0.15) is 11.6 Å². The highest BCUT2D eigenvalue weighted by Crippen LogP contribution is 2.29. The molecule has 0 amide bonds. The van der Waals surface area contributed by atoms with Crippen LogP contribution < -0.4 is 0 Å². The predicted octanol–water partition coefficient (Wildman–Crippen LogP) is 3.60. The lowest BCUT2D eigenvalue weighted by Gasteiger charge is -2.14. The molecule has 100 valence electrons. The van der Waals surface area contributed by atoms with E-state index in [1.165, 1.54) is 24.3 Å². The van der Waals surface area contributed by atoms with Crippen LogP contribution in [-0.4, -0.2) is 5.11 Å².